The molecule has 2 aromatic rings. The van der Waals surface area contributed by atoms with Crippen LogP contribution in [0.15, 0.2) is 28.8 Å². The summed E-state index contributed by atoms with van der Waals surface area (Å²) < 4.78 is 10.2. The van der Waals surface area contributed by atoms with Gasteiger partial charge in [-0.05, 0) is 38.0 Å². The summed E-state index contributed by atoms with van der Waals surface area (Å²) in [7, 11) is 0. The highest BCUT2D eigenvalue weighted by Crippen LogP contribution is 2.37. The van der Waals surface area contributed by atoms with Gasteiger partial charge in [-0.25, -0.2) is 4.79 Å². The van der Waals surface area contributed by atoms with Gasteiger partial charge in [0.25, 0.3) is 0 Å². The van der Waals surface area contributed by atoms with E-state index in [-0.39, 0.29) is 18.6 Å². The van der Waals surface area contributed by atoms with Crippen molar-refractivity contribution < 1.29 is 18.8 Å². The van der Waals surface area contributed by atoms with Crippen LogP contribution < -0.4 is 10.2 Å². The molecule has 0 aliphatic carbocycles. The van der Waals surface area contributed by atoms with Gasteiger partial charge in [0.2, 0.25) is 5.91 Å². The van der Waals surface area contributed by atoms with Crippen LogP contribution >= 0.6 is 0 Å². The second-order valence-electron chi connectivity index (χ2n) is 6.08. The maximum Gasteiger partial charge on any atom is 0.338 e. The minimum absolute atomic E-state index is 0.0106. The standard InChI is InChI=1S/C17H17N3O4/c1-10-7-12(19-24-10)9-23-17(22)11-4-5-14-13(8-11)18-16(21)15-3-2-6-20(14)15/h4-5,7-8,15H,2-3,6,9H2,1H3,(H,18,21)/t15-/m1/s1. The van der Waals surface area contributed by atoms with Crippen LogP contribution in [0.2, 0.25) is 0 Å². The molecule has 0 spiro atoms. The molecule has 1 N–H and O–H groups in total. The number of aryl methyl sites for hydroxylation is 1. The fourth-order valence-electron chi connectivity index (χ4n) is 3.27. The number of nitrogens with zero attached hydrogens (tertiary/aromatic N) is 2. The van der Waals surface area contributed by atoms with E-state index >= 15 is 0 Å². The first-order chi connectivity index (χ1) is 11.6. The lowest BCUT2D eigenvalue weighted by Gasteiger charge is -2.33. The fourth-order valence-corrected chi connectivity index (χ4v) is 3.27. The lowest BCUT2D eigenvalue weighted by atomic mass is 10.1. The zero-order valence-corrected chi connectivity index (χ0v) is 13.2. The van der Waals surface area contributed by atoms with Crippen LogP contribution in [0.3, 0.4) is 0 Å². The summed E-state index contributed by atoms with van der Waals surface area (Å²) in [6.07, 6.45) is 1.87. The van der Waals surface area contributed by atoms with Crippen molar-refractivity contribution in [1.82, 2.24) is 5.16 Å². The minimum Gasteiger partial charge on any atom is -0.455 e. The number of rotatable bonds is 3. The Kier molecular flexibility index (Phi) is 3.48. The molecule has 1 fully saturated rings. The highest BCUT2D eigenvalue weighted by Gasteiger charge is 2.36. The van der Waals surface area contributed by atoms with E-state index in [1.807, 2.05) is 6.07 Å². The zero-order chi connectivity index (χ0) is 16.7. The number of benzene rings is 1. The highest BCUT2D eigenvalue weighted by atomic mass is 16.5. The van der Waals surface area contributed by atoms with Gasteiger partial charge in [-0.1, -0.05) is 5.16 Å². The maximum atomic E-state index is 12.2. The first kappa shape index (κ1) is 14.7. The summed E-state index contributed by atoms with van der Waals surface area (Å²) in [6, 6.07) is 6.88. The van der Waals surface area contributed by atoms with E-state index in [9.17, 15) is 9.59 Å². The third-order valence-corrected chi connectivity index (χ3v) is 4.38. The molecule has 24 heavy (non-hydrogen) atoms. The van der Waals surface area contributed by atoms with Gasteiger partial charge in [0.1, 0.15) is 24.1 Å². The van der Waals surface area contributed by atoms with Crippen LogP contribution in [0.1, 0.15) is 34.7 Å². The van der Waals surface area contributed by atoms with Gasteiger partial charge in [-0.15, -0.1) is 0 Å². The first-order valence-corrected chi connectivity index (χ1v) is 7.93. The molecule has 1 aromatic carbocycles. The molecule has 4 rings (SSSR count). The summed E-state index contributed by atoms with van der Waals surface area (Å²) in [6.45, 7) is 2.68. The molecule has 0 saturated carbocycles. The van der Waals surface area contributed by atoms with E-state index in [4.69, 9.17) is 9.26 Å². The second kappa shape index (κ2) is 5.67. The predicted octanol–water partition coefficient (Wildman–Crippen LogP) is 2.26. The lowest BCUT2D eigenvalue weighted by Crippen LogP contribution is -2.43. The van der Waals surface area contributed by atoms with Gasteiger partial charge < -0.3 is 19.5 Å². The molecule has 1 atom stereocenters. The summed E-state index contributed by atoms with van der Waals surface area (Å²) >= 11 is 0. The number of amides is 1. The molecule has 0 bridgehead atoms. The van der Waals surface area contributed by atoms with E-state index in [0.29, 0.717) is 22.7 Å². The molecule has 2 aliphatic rings. The van der Waals surface area contributed by atoms with Gasteiger partial charge in [0.15, 0.2) is 0 Å². The van der Waals surface area contributed by atoms with Crippen LogP contribution in [0, 0.1) is 6.92 Å². The molecule has 0 radical (unpaired) electrons. The van der Waals surface area contributed by atoms with Crippen LogP contribution in [-0.2, 0) is 16.1 Å². The number of fused-ring (bicyclic) bond motifs is 3. The number of aromatic nitrogens is 1. The predicted molar refractivity (Wildman–Crippen MR) is 85.8 cm³/mol. The van der Waals surface area contributed by atoms with E-state index in [1.54, 1.807) is 25.1 Å². The van der Waals surface area contributed by atoms with Crippen LogP contribution in [-0.4, -0.2) is 29.6 Å². The third-order valence-electron chi connectivity index (χ3n) is 4.38. The van der Waals surface area contributed by atoms with E-state index in [0.717, 1.165) is 25.1 Å². The van der Waals surface area contributed by atoms with Crippen LogP contribution in [0.5, 0.6) is 0 Å². The van der Waals surface area contributed by atoms with Gasteiger partial charge in [-0.2, -0.15) is 0 Å². The van der Waals surface area contributed by atoms with Crippen molar-refractivity contribution in [3.05, 3.63) is 41.3 Å². The van der Waals surface area contributed by atoms with Crippen molar-refractivity contribution in [3.63, 3.8) is 0 Å². The van der Waals surface area contributed by atoms with Crippen molar-refractivity contribution in [2.45, 2.75) is 32.4 Å². The molecule has 0 unspecified atom stereocenters. The Bertz CT molecular complexity index is 814. The van der Waals surface area contributed by atoms with Gasteiger partial charge in [0, 0.05) is 12.6 Å². The monoisotopic (exact) mass is 327 g/mol. The van der Waals surface area contributed by atoms with Gasteiger partial charge >= 0.3 is 5.97 Å². The quantitative estimate of drug-likeness (QED) is 0.871. The van der Waals surface area contributed by atoms with E-state index in [1.165, 1.54) is 0 Å². The molecule has 1 saturated heterocycles. The van der Waals surface area contributed by atoms with Crippen LogP contribution in [0.25, 0.3) is 0 Å². The Morgan fingerprint density at radius 2 is 2.33 bits per heavy atom. The Hall–Kier alpha value is -2.83. The van der Waals surface area contributed by atoms with E-state index in [2.05, 4.69) is 15.4 Å². The Balaban J connectivity index is 1.51. The topological polar surface area (TPSA) is 84.7 Å². The average molecular weight is 327 g/mol. The maximum absolute atomic E-state index is 12.2. The largest absolute Gasteiger partial charge is 0.455 e. The Labute approximate surface area is 138 Å². The number of carbonyl (C=O) groups is 2. The molecular formula is C17H17N3O4. The summed E-state index contributed by atoms with van der Waals surface area (Å²) in [5, 5.41) is 6.67. The van der Waals surface area contributed by atoms with Crippen molar-refractivity contribution >= 4 is 23.3 Å². The molecule has 1 amide bonds. The van der Waals surface area contributed by atoms with Crippen molar-refractivity contribution in [2.24, 2.45) is 0 Å². The molecule has 124 valence electrons. The second-order valence-corrected chi connectivity index (χ2v) is 6.08. The average Bonchev–Trinajstić information content (AvgIpc) is 3.21. The molecule has 2 aliphatic heterocycles. The molecular weight excluding hydrogens is 310 g/mol. The number of ether oxygens (including phenoxy) is 1. The summed E-state index contributed by atoms with van der Waals surface area (Å²) in [5.41, 5.74) is 2.57. The first-order valence-electron chi connectivity index (χ1n) is 7.93. The fraction of sp³-hybridized carbons (Fsp3) is 0.353. The van der Waals surface area contributed by atoms with Crippen molar-refractivity contribution in [3.8, 4) is 0 Å². The smallest absolute Gasteiger partial charge is 0.338 e. The number of nitrogens with one attached hydrogen (secondary N) is 1. The number of hydrogen-bond acceptors (Lipinski definition) is 6. The summed E-state index contributed by atoms with van der Waals surface area (Å²) in [4.78, 5) is 26.5. The SMILES string of the molecule is Cc1cc(COC(=O)c2ccc3c(c2)NC(=O)[C@H]2CCCN32)no1. The number of esters is 1. The van der Waals surface area contributed by atoms with Gasteiger partial charge in [-0.3, -0.25) is 4.79 Å². The lowest BCUT2D eigenvalue weighted by molar-refractivity contribution is -0.117. The highest BCUT2D eigenvalue weighted by molar-refractivity contribution is 6.05. The Morgan fingerprint density at radius 1 is 1.46 bits per heavy atom. The number of hydrogen-bond donors (Lipinski definition) is 1. The van der Waals surface area contributed by atoms with E-state index < -0.39 is 5.97 Å². The molecule has 7 nitrogen and oxygen atoms in total. The third kappa shape index (κ3) is 2.51. The van der Waals surface area contributed by atoms with Crippen molar-refractivity contribution in [1.29, 1.82) is 0 Å². The minimum atomic E-state index is -0.462. The number of anilines is 2. The zero-order valence-electron chi connectivity index (χ0n) is 13.2. The van der Waals surface area contributed by atoms with Gasteiger partial charge in [0.05, 0.1) is 16.9 Å². The molecule has 3 heterocycles. The molecule has 1 aromatic heterocycles. The molecule has 7 heteroatoms. The summed E-state index contributed by atoms with van der Waals surface area (Å²) in [5.74, 6) is 0.192. The van der Waals surface area contributed by atoms with Crippen LogP contribution in [0.4, 0.5) is 11.4 Å². The Morgan fingerprint density at radius 3 is 3.12 bits per heavy atom. The van der Waals surface area contributed by atoms with Crippen molar-refractivity contribution in [2.75, 3.05) is 16.8 Å². The number of carbonyl (C=O) groups excluding carboxylic acids is 2. The normalized spacial score (nSPS) is 18.8.